The molecule has 1 saturated heterocycles. The van der Waals surface area contributed by atoms with Crippen LogP contribution in [0.5, 0.6) is 0 Å². The number of hydrogen-bond donors (Lipinski definition) is 6. The van der Waals surface area contributed by atoms with Crippen molar-refractivity contribution >= 4 is 41.5 Å². The minimum absolute atomic E-state index is 0.0589. The molecule has 1 aliphatic heterocycles. The zero-order valence-electron chi connectivity index (χ0n) is 27.7. The van der Waals surface area contributed by atoms with Crippen LogP contribution < -0.4 is 21.3 Å². The van der Waals surface area contributed by atoms with Crippen molar-refractivity contribution in [2.75, 3.05) is 13.1 Å². The third-order valence-electron chi connectivity index (χ3n) is 7.91. The lowest BCUT2D eigenvalue weighted by molar-refractivity contribution is -0.144. The number of nitrogens with zero attached hydrogens (tertiary/aromatic N) is 1. The fourth-order valence-corrected chi connectivity index (χ4v) is 5.13. The average molecular weight is 640 g/mol. The summed E-state index contributed by atoms with van der Waals surface area (Å²) in [6.45, 7) is 13.7. The standard InChI is InChI=1S/C31H53N5O9/c1-8-19(9-2)32-24(37)15-20(31(5,6)7)27(41)33-21(16-25(38)36-12-10-11-13-36)28(42)34-22(17-26(39)40)29(43)35-23(30(44)45)14-18(3)4/h18-23H,8-17H2,1-7H3,(H,32,37)(H,33,41)(H,34,42)(H,35,43)(H,39,40)(H,44,45)/t20-,21+,22+,23+/m1/s1. The molecule has 45 heavy (non-hydrogen) atoms. The fourth-order valence-electron chi connectivity index (χ4n) is 5.13. The molecule has 14 heteroatoms. The van der Waals surface area contributed by atoms with Crippen LogP contribution in [0.3, 0.4) is 0 Å². The Bertz CT molecular complexity index is 1060. The molecule has 1 fully saturated rings. The number of rotatable bonds is 18. The molecule has 0 aromatic rings. The summed E-state index contributed by atoms with van der Waals surface area (Å²) in [6, 6.07) is -4.56. The van der Waals surface area contributed by atoms with Gasteiger partial charge in [-0.15, -0.1) is 0 Å². The minimum atomic E-state index is -1.69. The van der Waals surface area contributed by atoms with Crippen LogP contribution in [0.15, 0.2) is 0 Å². The normalized spacial score (nSPS) is 16.0. The summed E-state index contributed by atoms with van der Waals surface area (Å²) in [5.41, 5.74) is -0.719. The van der Waals surface area contributed by atoms with Crippen LogP contribution in [0.25, 0.3) is 0 Å². The first-order valence-electron chi connectivity index (χ1n) is 15.8. The lowest BCUT2D eigenvalue weighted by Gasteiger charge is -2.32. The van der Waals surface area contributed by atoms with E-state index in [2.05, 4.69) is 21.3 Å². The van der Waals surface area contributed by atoms with Gasteiger partial charge in [0.05, 0.1) is 18.8 Å². The highest BCUT2D eigenvalue weighted by Gasteiger charge is 2.38. The van der Waals surface area contributed by atoms with E-state index in [0.29, 0.717) is 25.9 Å². The van der Waals surface area contributed by atoms with Crippen molar-refractivity contribution in [3.63, 3.8) is 0 Å². The van der Waals surface area contributed by atoms with Crippen LogP contribution in [0.1, 0.15) is 99.8 Å². The van der Waals surface area contributed by atoms with E-state index in [9.17, 15) is 43.8 Å². The van der Waals surface area contributed by atoms with Crippen LogP contribution in [-0.4, -0.2) is 93.8 Å². The summed E-state index contributed by atoms with van der Waals surface area (Å²) < 4.78 is 0. The van der Waals surface area contributed by atoms with Crippen LogP contribution in [0.4, 0.5) is 0 Å². The van der Waals surface area contributed by atoms with E-state index in [-0.39, 0.29) is 30.7 Å². The molecule has 1 rings (SSSR count). The maximum atomic E-state index is 13.7. The maximum absolute atomic E-state index is 13.7. The molecule has 0 radical (unpaired) electrons. The molecule has 0 spiro atoms. The van der Waals surface area contributed by atoms with Crippen molar-refractivity contribution in [3.8, 4) is 0 Å². The summed E-state index contributed by atoms with van der Waals surface area (Å²) in [5.74, 6) is -7.16. The zero-order valence-corrected chi connectivity index (χ0v) is 27.7. The lowest BCUT2D eigenvalue weighted by Crippen LogP contribution is -2.58. The summed E-state index contributed by atoms with van der Waals surface area (Å²) in [5, 5.41) is 29.1. The highest BCUT2D eigenvalue weighted by Crippen LogP contribution is 2.29. The Morgan fingerprint density at radius 3 is 1.64 bits per heavy atom. The Kier molecular flexibility index (Phi) is 16.0. The van der Waals surface area contributed by atoms with Crippen molar-refractivity contribution in [1.82, 2.24) is 26.2 Å². The van der Waals surface area contributed by atoms with Crippen LogP contribution in [0, 0.1) is 17.3 Å². The van der Waals surface area contributed by atoms with Crippen molar-refractivity contribution in [3.05, 3.63) is 0 Å². The third kappa shape index (κ3) is 13.9. The van der Waals surface area contributed by atoms with Crippen molar-refractivity contribution in [1.29, 1.82) is 0 Å². The van der Waals surface area contributed by atoms with E-state index in [4.69, 9.17) is 0 Å². The van der Waals surface area contributed by atoms with Gasteiger partial charge in [-0.3, -0.25) is 28.8 Å². The topological polar surface area (TPSA) is 211 Å². The highest BCUT2D eigenvalue weighted by molar-refractivity contribution is 5.97. The number of carboxylic acid groups (broad SMARTS) is 2. The van der Waals surface area contributed by atoms with E-state index in [0.717, 1.165) is 12.8 Å². The summed E-state index contributed by atoms with van der Waals surface area (Å²) >= 11 is 0. The van der Waals surface area contributed by atoms with Gasteiger partial charge in [0.1, 0.15) is 18.1 Å². The SMILES string of the molecule is CCC(CC)NC(=O)C[C@H](C(=O)N[C@@H](CC(=O)N1CCCC1)C(=O)N[C@@H](CC(=O)O)C(=O)N[C@@H](CC(C)C)C(=O)O)C(C)(C)C. The van der Waals surface area contributed by atoms with Gasteiger partial charge in [0, 0.05) is 25.6 Å². The van der Waals surface area contributed by atoms with Gasteiger partial charge in [0.15, 0.2) is 0 Å². The van der Waals surface area contributed by atoms with E-state index in [1.165, 1.54) is 0 Å². The van der Waals surface area contributed by atoms with Crippen LogP contribution >= 0.6 is 0 Å². The van der Waals surface area contributed by atoms with E-state index >= 15 is 0 Å². The Labute approximate surface area is 265 Å². The molecular weight excluding hydrogens is 586 g/mol. The second kappa shape index (κ2) is 18.3. The molecule has 0 aromatic carbocycles. The molecule has 0 aromatic heterocycles. The van der Waals surface area contributed by atoms with Crippen molar-refractivity contribution in [2.24, 2.45) is 17.3 Å². The highest BCUT2D eigenvalue weighted by atomic mass is 16.4. The molecule has 6 N–H and O–H groups in total. The second-order valence-corrected chi connectivity index (χ2v) is 13.2. The number of carboxylic acids is 2. The van der Waals surface area contributed by atoms with Gasteiger partial charge in [-0.2, -0.15) is 0 Å². The Balaban J connectivity index is 3.29. The molecule has 14 nitrogen and oxygen atoms in total. The minimum Gasteiger partial charge on any atom is -0.481 e. The number of likely N-dealkylation sites (tertiary alicyclic amines) is 1. The van der Waals surface area contributed by atoms with Gasteiger partial charge in [0.2, 0.25) is 29.5 Å². The predicted octanol–water partition coefficient (Wildman–Crippen LogP) is 1.42. The van der Waals surface area contributed by atoms with Crippen LogP contribution in [0.2, 0.25) is 0 Å². The quantitative estimate of drug-likeness (QED) is 0.128. The first-order valence-corrected chi connectivity index (χ1v) is 15.8. The fraction of sp³-hybridized carbons (Fsp3) is 0.774. The maximum Gasteiger partial charge on any atom is 0.326 e. The Hall–Kier alpha value is -3.71. The molecule has 4 atom stereocenters. The molecular formula is C31H53N5O9. The molecule has 0 bridgehead atoms. The molecule has 5 amide bonds. The molecule has 0 unspecified atom stereocenters. The van der Waals surface area contributed by atoms with Gasteiger partial charge in [-0.25, -0.2) is 4.79 Å². The number of carbonyl (C=O) groups excluding carboxylic acids is 5. The van der Waals surface area contributed by atoms with E-state index in [1.807, 2.05) is 13.8 Å². The van der Waals surface area contributed by atoms with Crippen LogP contribution in [-0.2, 0) is 33.6 Å². The molecule has 1 heterocycles. The number of carbonyl (C=O) groups is 7. The number of aliphatic carboxylic acids is 2. The second-order valence-electron chi connectivity index (χ2n) is 13.2. The Morgan fingerprint density at radius 2 is 1.20 bits per heavy atom. The van der Waals surface area contributed by atoms with Gasteiger partial charge < -0.3 is 36.4 Å². The summed E-state index contributed by atoms with van der Waals surface area (Å²) in [6.07, 6.45) is 1.57. The first kappa shape index (κ1) is 39.3. The molecule has 0 aliphatic carbocycles. The average Bonchev–Trinajstić information content (AvgIpc) is 3.47. The van der Waals surface area contributed by atoms with Gasteiger partial charge >= 0.3 is 11.9 Å². The monoisotopic (exact) mass is 639 g/mol. The van der Waals surface area contributed by atoms with Crippen molar-refractivity contribution in [2.45, 2.75) is 124 Å². The summed E-state index contributed by atoms with van der Waals surface area (Å²) in [7, 11) is 0. The van der Waals surface area contributed by atoms with E-state index in [1.54, 1.807) is 39.5 Å². The predicted molar refractivity (Wildman–Crippen MR) is 166 cm³/mol. The Morgan fingerprint density at radius 1 is 0.711 bits per heavy atom. The van der Waals surface area contributed by atoms with Crippen molar-refractivity contribution < 1.29 is 43.8 Å². The molecule has 1 aliphatic rings. The summed E-state index contributed by atoms with van der Waals surface area (Å²) in [4.78, 5) is 91.0. The molecule has 256 valence electrons. The zero-order chi connectivity index (χ0) is 34.5. The smallest absolute Gasteiger partial charge is 0.326 e. The van der Waals surface area contributed by atoms with Gasteiger partial charge in [-0.05, 0) is 43.4 Å². The van der Waals surface area contributed by atoms with Gasteiger partial charge in [-0.1, -0.05) is 48.5 Å². The number of amides is 5. The number of hydrogen-bond acceptors (Lipinski definition) is 7. The molecule has 0 saturated carbocycles. The van der Waals surface area contributed by atoms with Gasteiger partial charge in [0.25, 0.3) is 0 Å². The largest absolute Gasteiger partial charge is 0.481 e. The first-order chi connectivity index (χ1) is 20.9. The number of nitrogens with one attached hydrogen (secondary N) is 4. The third-order valence-corrected chi connectivity index (χ3v) is 7.91. The van der Waals surface area contributed by atoms with E-state index < -0.39 is 77.9 Å². The lowest BCUT2D eigenvalue weighted by atomic mass is 9.77.